The van der Waals surface area contributed by atoms with E-state index in [4.69, 9.17) is 5.11 Å². The van der Waals surface area contributed by atoms with Gasteiger partial charge in [-0.3, -0.25) is 4.79 Å². The summed E-state index contributed by atoms with van der Waals surface area (Å²) in [4.78, 5) is 14.1. The second-order valence-corrected chi connectivity index (χ2v) is 4.91. The zero-order chi connectivity index (χ0) is 12.4. The highest BCUT2D eigenvalue weighted by molar-refractivity contribution is 5.95. The van der Waals surface area contributed by atoms with Crippen LogP contribution in [-0.2, 0) is 0 Å². The van der Waals surface area contributed by atoms with Gasteiger partial charge in [-0.25, -0.2) is 0 Å². The topological polar surface area (TPSA) is 40.5 Å². The molecule has 1 N–H and O–H groups in total. The molecular formula is C14H19NO2. The minimum absolute atomic E-state index is 0.0958. The van der Waals surface area contributed by atoms with Gasteiger partial charge in [0.05, 0.1) is 0 Å². The summed E-state index contributed by atoms with van der Waals surface area (Å²) in [6.07, 6.45) is 0.910. The molecule has 2 rings (SSSR count). The van der Waals surface area contributed by atoms with Gasteiger partial charge in [0.1, 0.15) is 0 Å². The first-order chi connectivity index (χ1) is 8.11. The largest absolute Gasteiger partial charge is 0.396 e. The molecule has 1 aliphatic rings. The summed E-state index contributed by atoms with van der Waals surface area (Å²) in [5.41, 5.74) is 2.99. The van der Waals surface area contributed by atoms with E-state index in [0.29, 0.717) is 6.54 Å². The first kappa shape index (κ1) is 12.1. The van der Waals surface area contributed by atoms with Crippen molar-refractivity contribution in [1.29, 1.82) is 0 Å². The van der Waals surface area contributed by atoms with E-state index in [9.17, 15) is 4.79 Å². The molecule has 3 heteroatoms. The van der Waals surface area contributed by atoms with Gasteiger partial charge >= 0.3 is 0 Å². The quantitative estimate of drug-likeness (QED) is 0.845. The molecule has 0 spiro atoms. The van der Waals surface area contributed by atoms with E-state index in [1.54, 1.807) is 0 Å². The summed E-state index contributed by atoms with van der Waals surface area (Å²) in [6, 6.07) is 5.91. The SMILES string of the molecule is Cc1ccc(C(=O)N2CC[C@H](CO)C2)c(C)c1. The number of hydrogen-bond acceptors (Lipinski definition) is 2. The molecule has 1 saturated heterocycles. The van der Waals surface area contributed by atoms with Crippen LogP contribution in [-0.4, -0.2) is 35.6 Å². The zero-order valence-electron chi connectivity index (χ0n) is 10.4. The van der Waals surface area contributed by atoms with E-state index >= 15 is 0 Å². The standard InChI is InChI=1S/C14H19NO2/c1-10-3-4-13(11(2)7-10)14(17)15-6-5-12(8-15)9-16/h3-4,7,12,16H,5-6,8-9H2,1-2H3/t12-/m0/s1. The molecule has 1 fully saturated rings. The van der Waals surface area contributed by atoms with Crippen molar-refractivity contribution in [3.8, 4) is 0 Å². The number of rotatable bonds is 2. The molecule has 17 heavy (non-hydrogen) atoms. The molecule has 3 nitrogen and oxygen atoms in total. The van der Waals surface area contributed by atoms with Gasteiger partial charge in [-0.2, -0.15) is 0 Å². The smallest absolute Gasteiger partial charge is 0.254 e. The lowest BCUT2D eigenvalue weighted by Gasteiger charge is -2.17. The van der Waals surface area contributed by atoms with Crippen molar-refractivity contribution in [1.82, 2.24) is 4.90 Å². The highest BCUT2D eigenvalue weighted by atomic mass is 16.3. The number of aliphatic hydroxyl groups is 1. The van der Waals surface area contributed by atoms with Crippen LogP contribution in [0.25, 0.3) is 0 Å². The number of amides is 1. The van der Waals surface area contributed by atoms with Gasteiger partial charge in [0, 0.05) is 31.2 Å². The van der Waals surface area contributed by atoms with E-state index in [1.165, 1.54) is 5.56 Å². The maximum Gasteiger partial charge on any atom is 0.254 e. The third-order valence-corrected chi connectivity index (χ3v) is 3.44. The second kappa shape index (κ2) is 4.88. The molecule has 0 unspecified atom stereocenters. The molecule has 0 aromatic heterocycles. The molecule has 0 bridgehead atoms. The third kappa shape index (κ3) is 2.50. The monoisotopic (exact) mass is 233 g/mol. The Kier molecular flexibility index (Phi) is 3.48. The first-order valence-electron chi connectivity index (χ1n) is 6.09. The normalized spacial score (nSPS) is 19.7. The van der Waals surface area contributed by atoms with E-state index < -0.39 is 0 Å². The zero-order valence-corrected chi connectivity index (χ0v) is 10.4. The lowest BCUT2D eigenvalue weighted by molar-refractivity contribution is 0.0781. The Balaban J connectivity index is 2.15. The number of likely N-dealkylation sites (tertiary alicyclic amines) is 1. The predicted molar refractivity (Wildman–Crippen MR) is 67.0 cm³/mol. The molecule has 0 radical (unpaired) electrons. The highest BCUT2D eigenvalue weighted by Gasteiger charge is 2.26. The van der Waals surface area contributed by atoms with Crippen molar-refractivity contribution in [2.24, 2.45) is 5.92 Å². The Labute approximate surface area is 102 Å². The fourth-order valence-electron chi connectivity index (χ4n) is 2.39. The van der Waals surface area contributed by atoms with Crippen LogP contribution in [0.1, 0.15) is 27.9 Å². The van der Waals surface area contributed by atoms with E-state index in [-0.39, 0.29) is 18.4 Å². The summed E-state index contributed by atoms with van der Waals surface area (Å²) in [6.45, 7) is 5.62. The average Bonchev–Trinajstić information content (AvgIpc) is 2.76. The third-order valence-electron chi connectivity index (χ3n) is 3.44. The summed E-state index contributed by atoms with van der Waals surface area (Å²) in [5.74, 6) is 0.350. The lowest BCUT2D eigenvalue weighted by atomic mass is 10.0. The van der Waals surface area contributed by atoms with Gasteiger partial charge in [0.25, 0.3) is 5.91 Å². The Morgan fingerprint density at radius 1 is 1.47 bits per heavy atom. The molecule has 1 aromatic carbocycles. The molecule has 1 atom stereocenters. The number of aryl methyl sites for hydroxylation is 2. The van der Waals surface area contributed by atoms with Crippen LogP contribution in [0, 0.1) is 19.8 Å². The Morgan fingerprint density at radius 2 is 2.24 bits per heavy atom. The van der Waals surface area contributed by atoms with Crippen LogP contribution < -0.4 is 0 Å². The highest BCUT2D eigenvalue weighted by Crippen LogP contribution is 2.20. The summed E-state index contributed by atoms with van der Waals surface area (Å²) in [7, 11) is 0. The van der Waals surface area contributed by atoms with Crippen LogP contribution >= 0.6 is 0 Å². The van der Waals surface area contributed by atoms with Gasteiger partial charge in [-0.15, -0.1) is 0 Å². The number of carbonyl (C=O) groups is 1. The van der Waals surface area contributed by atoms with E-state index in [0.717, 1.165) is 24.1 Å². The molecule has 1 aromatic rings. The maximum atomic E-state index is 12.3. The molecule has 92 valence electrons. The van der Waals surface area contributed by atoms with Crippen molar-refractivity contribution in [3.63, 3.8) is 0 Å². The maximum absolute atomic E-state index is 12.3. The molecule has 1 aliphatic heterocycles. The van der Waals surface area contributed by atoms with Crippen LogP contribution in [0.15, 0.2) is 18.2 Å². The predicted octanol–water partition coefficient (Wildman–Crippen LogP) is 1.76. The Bertz CT molecular complexity index is 428. The van der Waals surface area contributed by atoms with Gasteiger partial charge in [0.15, 0.2) is 0 Å². The van der Waals surface area contributed by atoms with Crippen LogP contribution in [0.4, 0.5) is 0 Å². The number of benzene rings is 1. The van der Waals surface area contributed by atoms with Crippen molar-refractivity contribution < 1.29 is 9.90 Å². The number of aliphatic hydroxyl groups excluding tert-OH is 1. The van der Waals surface area contributed by atoms with Crippen molar-refractivity contribution in [3.05, 3.63) is 34.9 Å². The Morgan fingerprint density at radius 3 is 2.82 bits per heavy atom. The Hall–Kier alpha value is -1.35. The van der Waals surface area contributed by atoms with Crippen LogP contribution in [0.3, 0.4) is 0 Å². The van der Waals surface area contributed by atoms with Gasteiger partial charge in [-0.1, -0.05) is 17.7 Å². The summed E-state index contributed by atoms with van der Waals surface area (Å²) in [5, 5.41) is 9.09. The molecular weight excluding hydrogens is 214 g/mol. The minimum atomic E-state index is 0.0958. The molecule has 1 heterocycles. The molecule has 1 amide bonds. The molecule has 0 saturated carbocycles. The number of hydrogen-bond donors (Lipinski definition) is 1. The fourth-order valence-corrected chi connectivity index (χ4v) is 2.39. The fraction of sp³-hybridized carbons (Fsp3) is 0.500. The number of nitrogens with zero attached hydrogens (tertiary/aromatic N) is 1. The van der Waals surface area contributed by atoms with Crippen molar-refractivity contribution in [2.75, 3.05) is 19.7 Å². The summed E-state index contributed by atoms with van der Waals surface area (Å²) >= 11 is 0. The average molecular weight is 233 g/mol. The van der Waals surface area contributed by atoms with Crippen LogP contribution in [0.5, 0.6) is 0 Å². The van der Waals surface area contributed by atoms with Crippen molar-refractivity contribution in [2.45, 2.75) is 20.3 Å². The van der Waals surface area contributed by atoms with Gasteiger partial charge < -0.3 is 10.0 Å². The van der Waals surface area contributed by atoms with Crippen LogP contribution in [0.2, 0.25) is 0 Å². The van der Waals surface area contributed by atoms with Gasteiger partial charge in [-0.05, 0) is 31.9 Å². The van der Waals surface area contributed by atoms with E-state index in [2.05, 4.69) is 0 Å². The molecule has 0 aliphatic carbocycles. The lowest BCUT2D eigenvalue weighted by Crippen LogP contribution is -2.29. The van der Waals surface area contributed by atoms with Gasteiger partial charge in [0.2, 0.25) is 0 Å². The second-order valence-electron chi connectivity index (χ2n) is 4.91. The van der Waals surface area contributed by atoms with E-state index in [1.807, 2.05) is 36.9 Å². The summed E-state index contributed by atoms with van der Waals surface area (Å²) < 4.78 is 0. The number of carbonyl (C=O) groups excluding carboxylic acids is 1. The minimum Gasteiger partial charge on any atom is -0.396 e. The van der Waals surface area contributed by atoms with Crippen molar-refractivity contribution >= 4 is 5.91 Å². The first-order valence-corrected chi connectivity index (χ1v) is 6.09.